The average molecular weight is 556 g/mol. The minimum atomic E-state index is -0.412. The molecular formula is C26H40Cl2N6O3. The van der Waals surface area contributed by atoms with Crippen molar-refractivity contribution in [1.29, 1.82) is 0 Å². The van der Waals surface area contributed by atoms with Gasteiger partial charge in [-0.25, -0.2) is 9.78 Å². The molecule has 1 aromatic heterocycles. The zero-order chi connectivity index (χ0) is 24.4. The summed E-state index contributed by atoms with van der Waals surface area (Å²) in [6.07, 6.45) is 9.93. The van der Waals surface area contributed by atoms with Gasteiger partial charge in [0.2, 0.25) is 0 Å². The van der Waals surface area contributed by atoms with Crippen molar-refractivity contribution in [3.05, 3.63) is 29.6 Å². The third kappa shape index (κ3) is 7.80. The zero-order valence-electron chi connectivity index (χ0n) is 21.5. The number of nitrogens with zero attached hydrogens (tertiary/aromatic N) is 3. The van der Waals surface area contributed by atoms with E-state index in [1.54, 1.807) is 18.2 Å². The molecule has 3 heterocycles. The average Bonchev–Trinajstić information content (AvgIpc) is 3.81. The van der Waals surface area contributed by atoms with Gasteiger partial charge in [0, 0.05) is 37.3 Å². The Labute approximate surface area is 231 Å². The van der Waals surface area contributed by atoms with E-state index in [2.05, 4.69) is 25.1 Å². The summed E-state index contributed by atoms with van der Waals surface area (Å²) in [7, 11) is 1.34. The maximum atomic E-state index is 12.5. The maximum Gasteiger partial charge on any atom is 0.337 e. The number of imidazole rings is 1. The van der Waals surface area contributed by atoms with Crippen molar-refractivity contribution in [3.8, 4) is 0 Å². The fourth-order valence-electron chi connectivity index (χ4n) is 5.19. The minimum Gasteiger partial charge on any atom is -0.465 e. The number of hydrogen-bond donors (Lipinski definition) is 3. The number of amides is 1. The number of nitrogens with two attached hydrogens (primary N) is 1. The van der Waals surface area contributed by atoms with Gasteiger partial charge >= 0.3 is 5.97 Å². The van der Waals surface area contributed by atoms with Crippen LogP contribution in [-0.2, 0) is 4.74 Å². The molecule has 2 aromatic rings. The largest absolute Gasteiger partial charge is 0.465 e. The number of carbonyl (C=O) groups is 2. The number of carbonyl (C=O) groups excluding carboxylic acids is 2. The topological polar surface area (TPSA) is 117 Å². The number of rotatable bonds is 5. The number of ether oxygens (including phenoxy) is 1. The third-order valence-electron chi connectivity index (χ3n) is 7.68. The molecule has 0 atom stereocenters. The number of benzene rings is 1. The van der Waals surface area contributed by atoms with Gasteiger partial charge in [-0.1, -0.05) is 0 Å². The number of aromatic amines is 1. The van der Waals surface area contributed by atoms with Crippen LogP contribution < -0.4 is 11.1 Å². The van der Waals surface area contributed by atoms with E-state index in [1.165, 1.54) is 58.7 Å². The van der Waals surface area contributed by atoms with E-state index in [-0.39, 0.29) is 42.6 Å². The summed E-state index contributed by atoms with van der Waals surface area (Å²) >= 11 is 0. The highest BCUT2D eigenvalue weighted by atomic mass is 35.5. The first-order chi connectivity index (χ1) is 17.0. The van der Waals surface area contributed by atoms with Crippen LogP contribution >= 0.6 is 24.8 Å². The van der Waals surface area contributed by atoms with Crippen molar-refractivity contribution in [3.63, 3.8) is 0 Å². The van der Waals surface area contributed by atoms with E-state index < -0.39 is 5.97 Å². The molecule has 2 saturated carbocycles. The van der Waals surface area contributed by atoms with Crippen LogP contribution in [0.15, 0.2) is 18.2 Å². The van der Waals surface area contributed by atoms with Crippen molar-refractivity contribution in [2.45, 2.75) is 75.5 Å². The summed E-state index contributed by atoms with van der Waals surface area (Å²) in [4.78, 5) is 36.5. The molecule has 0 unspecified atom stereocenters. The lowest BCUT2D eigenvalue weighted by atomic mass is 10.0. The van der Waals surface area contributed by atoms with Crippen molar-refractivity contribution in [2.24, 2.45) is 5.73 Å². The number of piperidine rings is 2. The van der Waals surface area contributed by atoms with Crippen LogP contribution in [0.1, 0.15) is 72.3 Å². The summed E-state index contributed by atoms with van der Waals surface area (Å²) in [5.41, 5.74) is 7.52. The molecule has 11 heteroatoms. The Bertz CT molecular complexity index is 1040. The lowest BCUT2D eigenvalue weighted by molar-refractivity contribution is 0.0600. The van der Waals surface area contributed by atoms with Crippen LogP contribution in [0.3, 0.4) is 0 Å². The number of hydrogen-bond acceptors (Lipinski definition) is 7. The highest BCUT2D eigenvalue weighted by Gasteiger charge is 2.32. The number of fused-ring (bicyclic) bond motifs is 1. The molecule has 0 bridgehead atoms. The highest BCUT2D eigenvalue weighted by molar-refractivity contribution is 5.97. The molecule has 0 spiro atoms. The number of likely N-dealkylation sites (tertiary alicyclic amines) is 2. The summed E-state index contributed by atoms with van der Waals surface area (Å²) in [5, 5.41) is 3.07. The summed E-state index contributed by atoms with van der Waals surface area (Å²) in [6, 6.07) is 7.44. The third-order valence-corrected chi connectivity index (χ3v) is 7.68. The summed E-state index contributed by atoms with van der Waals surface area (Å²) in [6.45, 7) is 4.62. The van der Waals surface area contributed by atoms with Crippen LogP contribution in [0.2, 0.25) is 0 Å². The molecule has 6 rings (SSSR count). The first-order valence-electron chi connectivity index (χ1n) is 13.1. The van der Waals surface area contributed by atoms with Gasteiger partial charge in [0.05, 0.1) is 23.7 Å². The molecule has 4 aliphatic rings. The fourth-order valence-corrected chi connectivity index (χ4v) is 5.19. The second kappa shape index (κ2) is 13.2. The van der Waals surface area contributed by atoms with Gasteiger partial charge in [0.25, 0.3) is 5.91 Å². The van der Waals surface area contributed by atoms with E-state index in [0.29, 0.717) is 22.6 Å². The standard InChI is InChI=1S/C18H22N4O3.C8H16N2.2ClH/c1-25-18(24)11-2-5-14-15(10-11)21-16(20-14)17(23)19-12-6-8-22(9-7-12)13-3-4-13;9-7-3-5-10(6-4-7)8-1-2-8;;/h2,5,10,12-13H,3-4,6-9H2,1H3,(H,19,23)(H,20,21);7-8H,1-6,9H2;2*1H. The van der Waals surface area contributed by atoms with E-state index in [4.69, 9.17) is 10.5 Å². The Morgan fingerprint density at radius 3 is 2.05 bits per heavy atom. The van der Waals surface area contributed by atoms with Crippen LogP contribution in [-0.4, -0.2) is 89.1 Å². The van der Waals surface area contributed by atoms with Crippen molar-refractivity contribution < 1.29 is 14.3 Å². The lowest BCUT2D eigenvalue weighted by Crippen LogP contribution is -2.45. The van der Waals surface area contributed by atoms with Gasteiger partial charge in [0.1, 0.15) is 0 Å². The number of nitrogens with one attached hydrogen (secondary N) is 2. The Hall–Kier alpha value is -1.91. The molecule has 37 heavy (non-hydrogen) atoms. The Balaban J connectivity index is 0.000000267. The van der Waals surface area contributed by atoms with E-state index in [9.17, 15) is 9.59 Å². The molecule has 0 radical (unpaired) electrons. The summed E-state index contributed by atoms with van der Waals surface area (Å²) in [5.74, 6) is -0.327. The highest BCUT2D eigenvalue weighted by Crippen LogP contribution is 2.30. The molecule has 1 aromatic carbocycles. The number of methoxy groups -OCH3 is 1. The van der Waals surface area contributed by atoms with Crippen LogP contribution in [0.25, 0.3) is 11.0 Å². The molecular weight excluding hydrogens is 515 g/mol. The minimum absolute atomic E-state index is 0. The SMILES string of the molecule is COC(=O)c1ccc2nc(C(=O)NC3CCN(C4CC4)CC3)[nH]c2c1.Cl.Cl.NC1CCN(C2CC2)CC1. The van der Waals surface area contributed by atoms with Gasteiger partial charge in [-0.15, -0.1) is 24.8 Å². The van der Waals surface area contributed by atoms with E-state index in [0.717, 1.165) is 38.0 Å². The maximum absolute atomic E-state index is 12.5. The van der Waals surface area contributed by atoms with Gasteiger partial charge in [-0.05, 0) is 82.7 Å². The number of halogens is 2. The van der Waals surface area contributed by atoms with Gasteiger partial charge < -0.3 is 30.6 Å². The molecule has 4 fully saturated rings. The smallest absolute Gasteiger partial charge is 0.337 e. The fraction of sp³-hybridized carbons (Fsp3) is 0.654. The Morgan fingerprint density at radius 2 is 1.51 bits per heavy atom. The first-order valence-corrected chi connectivity index (χ1v) is 13.1. The normalized spacial score (nSPS) is 21.2. The lowest BCUT2D eigenvalue weighted by Gasteiger charge is -2.32. The molecule has 9 nitrogen and oxygen atoms in total. The van der Waals surface area contributed by atoms with E-state index in [1.807, 2.05) is 0 Å². The van der Waals surface area contributed by atoms with Crippen LogP contribution in [0.5, 0.6) is 0 Å². The Morgan fingerprint density at radius 1 is 0.946 bits per heavy atom. The molecule has 4 N–H and O–H groups in total. The van der Waals surface area contributed by atoms with Crippen LogP contribution in [0.4, 0.5) is 0 Å². The predicted molar refractivity (Wildman–Crippen MR) is 149 cm³/mol. The van der Waals surface area contributed by atoms with Crippen molar-refractivity contribution in [1.82, 2.24) is 25.1 Å². The molecule has 1 amide bonds. The quantitative estimate of drug-likeness (QED) is 0.486. The number of H-pyrrole nitrogens is 1. The molecule has 2 saturated heterocycles. The van der Waals surface area contributed by atoms with E-state index >= 15 is 0 Å². The molecule has 206 valence electrons. The summed E-state index contributed by atoms with van der Waals surface area (Å²) < 4.78 is 4.71. The van der Waals surface area contributed by atoms with Gasteiger partial charge in [-0.3, -0.25) is 4.79 Å². The second-order valence-corrected chi connectivity index (χ2v) is 10.4. The molecule has 2 aliphatic heterocycles. The molecule has 2 aliphatic carbocycles. The van der Waals surface area contributed by atoms with Gasteiger partial charge in [-0.2, -0.15) is 0 Å². The monoisotopic (exact) mass is 554 g/mol. The van der Waals surface area contributed by atoms with Gasteiger partial charge in [0.15, 0.2) is 5.82 Å². The zero-order valence-corrected chi connectivity index (χ0v) is 23.1. The first kappa shape index (κ1) is 29.6. The number of esters is 1. The van der Waals surface area contributed by atoms with Crippen LogP contribution in [0, 0.1) is 0 Å². The predicted octanol–water partition coefficient (Wildman–Crippen LogP) is 3.12. The number of aromatic nitrogens is 2. The van der Waals surface area contributed by atoms with Crippen molar-refractivity contribution >= 4 is 47.7 Å². The second-order valence-electron chi connectivity index (χ2n) is 10.4. The Kier molecular flexibility index (Phi) is 10.6. The van der Waals surface area contributed by atoms with Crippen molar-refractivity contribution in [2.75, 3.05) is 33.3 Å².